The van der Waals surface area contributed by atoms with E-state index in [0.29, 0.717) is 17.4 Å². The van der Waals surface area contributed by atoms with Gasteiger partial charge in [-0.25, -0.2) is 4.79 Å². The first-order chi connectivity index (χ1) is 14.6. The molecule has 164 valence electrons. The van der Waals surface area contributed by atoms with Gasteiger partial charge in [0, 0.05) is 18.8 Å². The lowest BCUT2D eigenvalue weighted by Crippen LogP contribution is -2.45. The zero-order chi connectivity index (χ0) is 23.2. The molecule has 0 aromatic heterocycles. The number of ether oxygens (including phenoxy) is 1. The number of nitrogen functional groups attached to an aromatic ring is 1. The molecule has 9 nitrogen and oxygen atoms in total. The third-order valence-corrected chi connectivity index (χ3v) is 3.98. The van der Waals surface area contributed by atoms with Gasteiger partial charge in [-0.15, -0.1) is 0 Å². The quantitative estimate of drug-likeness (QED) is 0.439. The van der Waals surface area contributed by atoms with Crippen molar-refractivity contribution in [2.75, 3.05) is 30.5 Å². The number of urea groups is 1. The minimum absolute atomic E-state index is 0.114. The summed E-state index contributed by atoms with van der Waals surface area (Å²) in [5, 5.41) is 17.9. The number of hydrogen-bond donors (Lipinski definition) is 5. The minimum atomic E-state index is -4.79. The summed E-state index contributed by atoms with van der Waals surface area (Å²) in [6.07, 6.45) is -4.79. The summed E-state index contributed by atoms with van der Waals surface area (Å²) in [5.74, 6) is -1.34. The summed E-state index contributed by atoms with van der Waals surface area (Å²) in [6.45, 7) is 0. The number of likely N-dealkylation sites (N-methyl/N-ethyl adjacent to an activating group) is 1. The van der Waals surface area contributed by atoms with Crippen LogP contribution in [-0.4, -0.2) is 32.1 Å². The Morgan fingerprint density at radius 1 is 1.16 bits per heavy atom. The van der Waals surface area contributed by atoms with Crippen LogP contribution in [0.5, 0.6) is 11.5 Å². The van der Waals surface area contributed by atoms with Gasteiger partial charge in [-0.3, -0.25) is 15.4 Å². The average molecular weight is 436 g/mol. The second-order valence-corrected chi connectivity index (χ2v) is 6.10. The van der Waals surface area contributed by atoms with Crippen LogP contribution in [-0.2, 0) is 11.0 Å². The second-order valence-electron chi connectivity index (χ2n) is 6.10. The number of amides is 3. The number of imide groups is 1. The number of nitrogens with two attached hydrogens (primary N) is 1. The number of carbonyl (C=O) groups excluding carboxylic acids is 2. The van der Waals surface area contributed by atoms with Crippen molar-refractivity contribution in [3.05, 3.63) is 42.0 Å². The summed E-state index contributed by atoms with van der Waals surface area (Å²) in [7, 11) is 2.93. The molecule has 0 aliphatic rings. The van der Waals surface area contributed by atoms with E-state index in [1.54, 1.807) is 13.1 Å². The molecule has 1 unspecified atom stereocenters. The molecule has 0 saturated heterocycles. The number of rotatable bonds is 6. The van der Waals surface area contributed by atoms with Gasteiger partial charge in [0.2, 0.25) is 0 Å². The molecular formula is C19H19F3N6O3. The van der Waals surface area contributed by atoms with Gasteiger partial charge in [0.1, 0.15) is 17.1 Å². The third-order valence-electron chi connectivity index (χ3n) is 3.98. The number of carbonyl (C=O) groups is 2. The highest BCUT2D eigenvalue weighted by Gasteiger charge is 2.35. The molecule has 1 atom stereocenters. The van der Waals surface area contributed by atoms with E-state index in [2.05, 4.69) is 16.0 Å². The number of nitrogens with one attached hydrogen (secondary N) is 4. The Balaban J connectivity index is 2.25. The Labute approximate surface area is 175 Å². The average Bonchev–Trinajstić information content (AvgIpc) is 2.70. The molecule has 0 aliphatic heterocycles. The highest BCUT2D eigenvalue weighted by atomic mass is 19.4. The number of nitrogens with zero attached hydrogens (tertiary/aromatic N) is 1. The Kier molecular flexibility index (Phi) is 7.28. The van der Waals surface area contributed by atoms with E-state index in [4.69, 9.17) is 15.7 Å². The highest BCUT2D eigenvalue weighted by Crippen LogP contribution is 2.40. The number of halogens is 3. The highest BCUT2D eigenvalue weighted by molar-refractivity contribution is 6.03. The number of nitriles is 1. The fourth-order valence-electron chi connectivity index (χ4n) is 2.46. The molecule has 0 saturated carbocycles. The molecule has 0 aliphatic carbocycles. The van der Waals surface area contributed by atoms with E-state index in [1.807, 2.05) is 5.32 Å². The maximum atomic E-state index is 13.5. The number of anilines is 3. The summed E-state index contributed by atoms with van der Waals surface area (Å²) in [4.78, 5) is 23.6. The van der Waals surface area contributed by atoms with Crippen molar-refractivity contribution in [1.29, 1.82) is 5.26 Å². The van der Waals surface area contributed by atoms with Gasteiger partial charge < -0.3 is 21.1 Å². The standard InChI is InChI=1S/C19H19F3N6O3/c1-25-14-8-11(4-5-13(14)24)31-16-6-3-10(7-12(16)19(20,21)22)27-18(30)28-17(29)15(9-23)26-2/h3-8,15,25-26H,24H2,1-2H3,(H2,27,28,29,30). The van der Waals surface area contributed by atoms with Gasteiger partial charge in [0.15, 0.2) is 6.04 Å². The van der Waals surface area contributed by atoms with Crippen molar-refractivity contribution in [2.24, 2.45) is 0 Å². The van der Waals surface area contributed by atoms with E-state index in [0.717, 1.165) is 6.07 Å². The van der Waals surface area contributed by atoms with Gasteiger partial charge in [-0.1, -0.05) is 0 Å². The van der Waals surface area contributed by atoms with Crippen molar-refractivity contribution < 1.29 is 27.5 Å². The molecule has 2 rings (SSSR count). The second kappa shape index (κ2) is 9.68. The van der Waals surface area contributed by atoms with E-state index in [-0.39, 0.29) is 11.4 Å². The van der Waals surface area contributed by atoms with E-state index in [1.165, 1.54) is 31.3 Å². The van der Waals surface area contributed by atoms with Crippen molar-refractivity contribution >= 4 is 29.0 Å². The molecule has 0 fully saturated rings. The molecule has 6 N–H and O–H groups in total. The molecular weight excluding hydrogens is 417 g/mol. The van der Waals surface area contributed by atoms with Crippen LogP contribution in [0.1, 0.15) is 5.56 Å². The van der Waals surface area contributed by atoms with Crippen LogP contribution in [0.25, 0.3) is 0 Å². The lowest BCUT2D eigenvalue weighted by molar-refractivity contribution is -0.138. The first-order valence-electron chi connectivity index (χ1n) is 8.74. The lowest BCUT2D eigenvalue weighted by Gasteiger charge is -2.16. The van der Waals surface area contributed by atoms with Crippen LogP contribution in [0.3, 0.4) is 0 Å². The van der Waals surface area contributed by atoms with Crippen LogP contribution >= 0.6 is 0 Å². The molecule has 0 bridgehead atoms. The summed E-state index contributed by atoms with van der Waals surface area (Å²) < 4.78 is 46.0. The van der Waals surface area contributed by atoms with Crippen LogP contribution in [0.2, 0.25) is 0 Å². The van der Waals surface area contributed by atoms with Crippen LogP contribution in [0.15, 0.2) is 36.4 Å². The molecule has 2 aromatic rings. The summed E-state index contributed by atoms with van der Waals surface area (Å²) in [5.41, 5.74) is 5.22. The van der Waals surface area contributed by atoms with Crippen molar-refractivity contribution in [3.8, 4) is 17.6 Å². The SMILES string of the molecule is CNc1cc(Oc2ccc(NC(=O)NC(=O)C(C#N)NC)cc2C(F)(F)F)ccc1N. The summed E-state index contributed by atoms with van der Waals surface area (Å²) >= 11 is 0. The van der Waals surface area contributed by atoms with Gasteiger partial charge in [0.05, 0.1) is 17.4 Å². The zero-order valence-corrected chi connectivity index (χ0v) is 16.4. The van der Waals surface area contributed by atoms with E-state index in [9.17, 15) is 22.8 Å². The lowest BCUT2D eigenvalue weighted by atomic mass is 10.1. The fourth-order valence-corrected chi connectivity index (χ4v) is 2.46. The van der Waals surface area contributed by atoms with Crippen LogP contribution in [0, 0.1) is 11.3 Å². The van der Waals surface area contributed by atoms with Crippen molar-refractivity contribution in [1.82, 2.24) is 10.6 Å². The Hall–Kier alpha value is -3.98. The normalized spacial score (nSPS) is 11.7. The topological polar surface area (TPSA) is 141 Å². The van der Waals surface area contributed by atoms with Gasteiger partial charge in [-0.2, -0.15) is 18.4 Å². The fraction of sp³-hybridized carbons (Fsp3) is 0.211. The predicted octanol–water partition coefficient (Wildman–Crippen LogP) is 2.88. The Bertz CT molecular complexity index is 1020. The maximum Gasteiger partial charge on any atom is 0.420 e. The number of hydrogen-bond acceptors (Lipinski definition) is 7. The first kappa shape index (κ1) is 23.3. The monoisotopic (exact) mass is 436 g/mol. The van der Waals surface area contributed by atoms with E-state index >= 15 is 0 Å². The van der Waals surface area contributed by atoms with Crippen LogP contribution in [0.4, 0.5) is 35.0 Å². The minimum Gasteiger partial charge on any atom is -0.457 e. The molecule has 31 heavy (non-hydrogen) atoms. The van der Waals surface area contributed by atoms with Crippen LogP contribution < -0.4 is 31.7 Å². The zero-order valence-electron chi connectivity index (χ0n) is 16.4. The van der Waals surface area contributed by atoms with Crippen molar-refractivity contribution in [3.63, 3.8) is 0 Å². The predicted molar refractivity (Wildman–Crippen MR) is 108 cm³/mol. The molecule has 0 radical (unpaired) electrons. The smallest absolute Gasteiger partial charge is 0.420 e. The van der Waals surface area contributed by atoms with Crippen molar-refractivity contribution in [2.45, 2.75) is 12.2 Å². The van der Waals surface area contributed by atoms with Gasteiger partial charge >= 0.3 is 12.2 Å². The van der Waals surface area contributed by atoms with Gasteiger partial charge in [-0.05, 0) is 37.4 Å². The van der Waals surface area contributed by atoms with Gasteiger partial charge in [0.25, 0.3) is 5.91 Å². The Morgan fingerprint density at radius 2 is 1.87 bits per heavy atom. The molecule has 0 heterocycles. The summed E-state index contributed by atoms with van der Waals surface area (Å²) in [6, 6.07) is 6.41. The largest absolute Gasteiger partial charge is 0.457 e. The third kappa shape index (κ3) is 6.00. The molecule has 3 amide bonds. The maximum absolute atomic E-state index is 13.5. The number of benzene rings is 2. The molecule has 12 heteroatoms. The first-order valence-corrected chi connectivity index (χ1v) is 8.74. The Morgan fingerprint density at radius 3 is 2.45 bits per heavy atom. The molecule has 0 spiro atoms. The number of alkyl halides is 3. The van der Waals surface area contributed by atoms with E-state index < -0.39 is 35.5 Å². The molecule has 2 aromatic carbocycles.